The van der Waals surface area contributed by atoms with Crippen LogP contribution in [0.25, 0.3) is 171 Å². The Morgan fingerprint density at radius 1 is 0.125 bits per heavy atom. The van der Waals surface area contributed by atoms with Crippen LogP contribution in [0.2, 0.25) is 0 Å². The third-order valence-corrected chi connectivity index (χ3v) is 29.4. The van der Waals surface area contributed by atoms with Crippen molar-refractivity contribution in [2.75, 3.05) is 14.7 Å². The predicted octanol–water partition coefficient (Wildman–Crippen LogP) is 38.7. The summed E-state index contributed by atoms with van der Waals surface area (Å²) >= 11 is 5.61. The van der Waals surface area contributed by atoms with Crippen molar-refractivity contribution in [2.24, 2.45) is 0 Å². The maximum Gasteiger partial charge on any atom is 0.0646 e. The highest BCUT2D eigenvalue weighted by Crippen LogP contribution is 2.53. The normalized spacial score (nSPS) is 11.2. The number of hydrogen-bond donors (Lipinski definition) is 0. The van der Waals surface area contributed by atoms with E-state index in [2.05, 4.69) is 555 Å². The molecule has 0 aliphatic carbocycles. The summed E-state index contributed by atoms with van der Waals surface area (Å²) in [5.41, 5.74) is 32.1. The largest absolute Gasteiger partial charge is 0.309 e. The van der Waals surface area contributed by atoms with E-state index in [1.807, 2.05) is 34.0 Å². The molecule has 22 aromatic carbocycles. The van der Waals surface area contributed by atoms with Crippen molar-refractivity contribution in [3.8, 4) is 100 Å². The zero-order valence-electron chi connectivity index (χ0n) is 74.5. The lowest BCUT2D eigenvalue weighted by Gasteiger charge is -2.29. The molecule has 3 heterocycles. The Hall–Kier alpha value is -16.8. The number of nitrogens with zero attached hydrogens (tertiary/aromatic N) is 3. The second-order valence-electron chi connectivity index (χ2n) is 34.1. The number of benzene rings is 22. The van der Waals surface area contributed by atoms with Crippen LogP contribution in [0.15, 0.2) is 540 Å². The second kappa shape index (κ2) is 37.8. The average Bonchev–Trinajstić information content (AvgIpc) is 1.58. The SMILES string of the molecule is c1ccc(-c2ccc(-c3ccc(N(c4ccccc4)c4cc(-c5ccccc5)cc5c4sc4ccccc45)cc3)cc2)cc1.c1ccc(-c2ccc(N(c3ccc(-c4cccc5ccccc45)cc3)c3cc(-c4ccccc4)cc4c3sc3ccccc34)cc2)cc1.c1ccc(-c2ccc(N(c3ccccc3-c3ccccc3)c3cc(-c4ccccc4)cc4c3sc3ccccc34)cc2)cc1. The fourth-order valence-corrected chi connectivity index (χ4v) is 22.7. The summed E-state index contributed by atoms with van der Waals surface area (Å²) < 4.78 is 7.74. The van der Waals surface area contributed by atoms with Gasteiger partial charge in [-0.2, -0.15) is 0 Å². The number of anilines is 9. The molecule has 136 heavy (non-hydrogen) atoms. The highest BCUT2D eigenvalue weighted by Gasteiger charge is 2.27. The molecule has 0 fully saturated rings. The third kappa shape index (κ3) is 16.9. The van der Waals surface area contributed by atoms with Crippen LogP contribution in [0.3, 0.4) is 0 Å². The van der Waals surface area contributed by atoms with Gasteiger partial charge in [0.2, 0.25) is 0 Å². The van der Waals surface area contributed by atoms with Gasteiger partial charge in [0.25, 0.3) is 0 Å². The van der Waals surface area contributed by atoms with E-state index in [4.69, 9.17) is 0 Å². The molecule has 3 aromatic heterocycles. The summed E-state index contributed by atoms with van der Waals surface area (Å²) in [5.74, 6) is 0. The molecule has 0 N–H and O–H groups in total. The number of fused-ring (bicyclic) bond motifs is 10. The molecule has 0 spiro atoms. The summed E-state index contributed by atoms with van der Waals surface area (Å²) in [6.07, 6.45) is 0. The minimum Gasteiger partial charge on any atom is -0.309 e. The fourth-order valence-electron chi connectivity index (χ4n) is 19.1. The molecule has 642 valence electrons. The highest BCUT2D eigenvalue weighted by molar-refractivity contribution is 7.27. The van der Waals surface area contributed by atoms with Gasteiger partial charge in [-0.3, -0.25) is 0 Å². The first kappa shape index (κ1) is 83.5. The van der Waals surface area contributed by atoms with Crippen LogP contribution in [-0.2, 0) is 0 Å². The van der Waals surface area contributed by atoms with Crippen molar-refractivity contribution in [2.45, 2.75) is 0 Å². The Labute approximate surface area is 804 Å². The molecule has 0 aliphatic heterocycles. The second-order valence-corrected chi connectivity index (χ2v) is 37.3. The highest BCUT2D eigenvalue weighted by atomic mass is 32.1. The van der Waals surface area contributed by atoms with Crippen LogP contribution >= 0.6 is 34.0 Å². The van der Waals surface area contributed by atoms with Crippen molar-refractivity contribution in [1.82, 2.24) is 0 Å². The first-order valence-corrected chi connectivity index (χ1v) is 48.7. The molecule has 0 unspecified atom stereocenters. The van der Waals surface area contributed by atoms with Crippen LogP contribution in [0.1, 0.15) is 0 Å². The topological polar surface area (TPSA) is 9.72 Å². The molecule has 25 rings (SSSR count). The summed E-state index contributed by atoms with van der Waals surface area (Å²) in [6, 6.07) is 195. The van der Waals surface area contributed by atoms with Gasteiger partial charge in [-0.1, -0.05) is 419 Å². The maximum atomic E-state index is 2.46. The molecule has 0 radical (unpaired) electrons. The first-order chi connectivity index (χ1) is 67.4. The van der Waals surface area contributed by atoms with Crippen LogP contribution in [0, 0.1) is 0 Å². The lowest BCUT2D eigenvalue weighted by molar-refractivity contribution is 1.30. The predicted molar refractivity (Wildman–Crippen MR) is 588 cm³/mol. The number of thiophene rings is 3. The first-order valence-electron chi connectivity index (χ1n) is 46.2. The van der Waals surface area contributed by atoms with Crippen LogP contribution < -0.4 is 14.7 Å². The van der Waals surface area contributed by atoms with E-state index in [-0.39, 0.29) is 0 Å². The fraction of sp³-hybridized carbons (Fsp3) is 0. The minimum absolute atomic E-state index is 1.12. The molecule has 0 amide bonds. The standard InChI is InChI=1S/C46H31NS.2C42H29NS/c1-3-12-32(13-4-1)34-22-26-38(27-23-34)47(39-28-24-36(25-29-39)41-20-11-17-35-16-7-8-18-40(35)41)44-31-37(33-14-5-2-6-15-33)30-43-42-19-9-10-21-45(42)48-46(43)44;1-4-14-30(15-5-1)32-24-26-35(27-25-32)43(39-22-12-10-20-36(39)33-18-8-3-9-19-33)40-29-34(31-16-6-2-7-17-31)28-38-37-21-11-13-23-41(37)44-42(38)40;1-4-12-30(13-5-1)32-20-22-33(23-21-32)34-24-26-37(27-25-34)43(36-16-8-3-9-17-36)40-29-35(31-14-6-2-7-15-31)28-39-38-18-10-11-19-41(38)44-42(39)40/h1-31H;2*1-29H. The molecule has 0 bridgehead atoms. The smallest absolute Gasteiger partial charge is 0.0646 e. The number of rotatable bonds is 18. The van der Waals surface area contributed by atoms with Gasteiger partial charge < -0.3 is 14.7 Å². The molecule has 25 aromatic rings. The van der Waals surface area contributed by atoms with Gasteiger partial charge in [0.15, 0.2) is 0 Å². The van der Waals surface area contributed by atoms with Gasteiger partial charge in [-0.15, -0.1) is 34.0 Å². The van der Waals surface area contributed by atoms with E-state index in [0.29, 0.717) is 0 Å². The van der Waals surface area contributed by atoms with Crippen LogP contribution in [0.4, 0.5) is 51.2 Å². The van der Waals surface area contributed by atoms with Crippen molar-refractivity contribution < 1.29 is 0 Å². The lowest BCUT2D eigenvalue weighted by Crippen LogP contribution is -2.11. The molecule has 6 heteroatoms. The van der Waals surface area contributed by atoms with Crippen molar-refractivity contribution in [3.63, 3.8) is 0 Å². The molecular formula is C130H89N3S3. The maximum absolute atomic E-state index is 2.46. The van der Waals surface area contributed by atoms with E-state index in [1.54, 1.807) is 0 Å². The van der Waals surface area contributed by atoms with Gasteiger partial charge in [0.05, 0.1) is 36.8 Å². The summed E-state index contributed by atoms with van der Waals surface area (Å²) in [5, 5.41) is 10.3. The Bertz CT molecular complexity index is 8500. The Morgan fingerprint density at radius 2 is 0.353 bits per heavy atom. The van der Waals surface area contributed by atoms with Crippen LogP contribution in [-0.4, -0.2) is 0 Å². The van der Waals surface area contributed by atoms with E-state index in [0.717, 1.165) is 34.1 Å². The van der Waals surface area contributed by atoms with Crippen molar-refractivity contribution in [1.29, 1.82) is 0 Å². The van der Waals surface area contributed by atoms with Gasteiger partial charge >= 0.3 is 0 Å². The Morgan fingerprint density at radius 3 is 0.713 bits per heavy atom. The third-order valence-electron chi connectivity index (χ3n) is 25.8. The molecule has 0 atom stereocenters. The van der Waals surface area contributed by atoms with Gasteiger partial charge in [0.1, 0.15) is 0 Å². The van der Waals surface area contributed by atoms with Gasteiger partial charge in [0, 0.05) is 80.4 Å². The quantitative estimate of drug-likeness (QED) is 0.0848. The zero-order chi connectivity index (χ0) is 90.5. The molecule has 0 aliphatic rings. The molecule has 0 saturated heterocycles. The Kier molecular flexibility index (Phi) is 23.2. The summed E-state index contributed by atoms with van der Waals surface area (Å²) in [4.78, 5) is 7.31. The summed E-state index contributed by atoms with van der Waals surface area (Å²) in [6.45, 7) is 0. The Balaban J connectivity index is 0.000000115. The monoisotopic (exact) mass is 1790 g/mol. The van der Waals surface area contributed by atoms with E-state index >= 15 is 0 Å². The van der Waals surface area contributed by atoms with Crippen molar-refractivity contribution >= 4 is 156 Å². The van der Waals surface area contributed by atoms with Crippen LogP contribution in [0.5, 0.6) is 0 Å². The average molecular weight is 1790 g/mol. The number of hydrogen-bond acceptors (Lipinski definition) is 6. The summed E-state index contributed by atoms with van der Waals surface area (Å²) in [7, 11) is 0. The molecule has 0 saturated carbocycles. The van der Waals surface area contributed by atoms with E-state index in [1.165, 1.54) is 188 Å². The van der Waals surface area contributed by atoms with E-state index < -0.39 is 0 Å². The molecule has 3 nitrogen and oxygen atoms in total. The minimum atomic E-state index is 1.12. The van der Waals surface area contributed by atoms with Crippen molar-refractivity contribution in [3.05, 3.63) is 540 Å². The van der Waals surface area contributed by atoms with Gasteiger partial charge in [-0.05, 0) is 227 Å². The molecular weight excluding hydrogens is 1700 g/mol. The van der Waals surface area contributed by atoms with Gasteiger partial charge in [-0.25, -0.2) is 0 Å². The van der Waals surface area contributed by atoms with E-state index in [9.17, 15) is 0 Å². The zero-order valence-corrected chi connectivity index (χ0v) is 76.9. The number of para-hydroxylation sites is 2. The lowest BCUT2D eigenvalue weighted by atomic mass is 9.97.